The van der Waals surface area contributed by atoms with Crippen molar-refractivity contribution in [3.63, 3.8) is 0 Å². The third-order valence-corrected chi connectivity index (χ3v) is 6.92. The smallest absolute Gasteiger partial charge is 0.137 e. The van der Waals surface area contributed by atoms with Crippen LogP contribution in [0.1, 0.15) is 48.3 Å². The molecule has 1 saturated heterocycles. The summed E-state index contributed by atoms with van der Waals surface area (Å²) < 4.78 is 0. The van der Waals surface area contributed by atoms with Crippen molar-refractivity contribution in [2.45, 2.75) is 50.5 Å². The summed E-state index contributed by atoms with van der Waals surface area (Å²) in [6, 6.07) is 12.1. The number of fused-ring (bicyclic) bond motifs is 1. The van der Waals surface area contributed by atoms with Crippen LogP contribution in [0, 0.1) is 0 Å². The fraction of sp³-hybridized carbons (Fsp3) is 0.435. The molecule has 2 aliphatic rings. The van der Waals surface area contributed by atoms with E-state index in [4.69, 9.17) is 28.9 Å². The number of benzene rings is 2. The van der Waals surface area contributed by atoms with Gasteiger partial charge in [0.2, 0.25) is 0 Å². The second-order valence-electron chi connectivity index (χ2n) is 8.08. The number of aryl methyl sites for hydroxylation is 1. The molecule has 2 aromatic carbocycles. The number of hydrogen-bond acceptors (Lipinski definition) is 3. The molecule has 1 heterocycles. The van der Waals surface area contributed by atoms with Crippen molar-refractivity contribution < 1.29 is 4.79 Å². The third-order valence-electron chi connectivity index (χ3n) is 6.19. The summed E-state index contributed by atoms with van der Waals surface area (Å²) in [6.45, 7) is 2.28. The molecule has 1 aliphatic carbocycles. The van der Waals surface area contributed by atoms with Gasteiger partial charge in [-0.2, -0.15) is 0 Å². The molecule has 0 bridgehead atoms. The lowest BCUT2D eigenvalue weighted by atomic mass is 9.75. The van der Waals surface area contributed by atoms with Gasteiger partial charge in [-0.1, -0.05) is 35.3 Å². The van der Waals surface area contributed by atoms with E-state index < -0.39 is 0 Å². The van der Waals surface area contributed by atoms with E-state index in [1.165, 1.54) is 24.0 Å². The third kappa shape index (κ3) is 4.22. The first kappa shape index (κ1) is 19.8. The molecular weight excluding hydrogens is 391 g/mol. The molecule has 0 aromatic heterocycles. The predicted octanol–water partition coefficient (Wildman–Crippen LogP) is 5.27. The molecule has 1 aliphatic heterocycles. The number of nitrogens with two attached hydrogens (primary N) is 1. The molecule has 1 fully saturated rings. The Morgan fingerprint density at radius 2 is 1.86 bits per heavy atom. The standard InChI is InChI=1S/C23H26Cl2N2O/c24-21-7-3-15(12-22(21)25)11-18(28)14-20-19-13-17(26)6-4-16(19)5-8-23(20)27-9-1-2-10-27/h3-4,6-7,12-13,20,23H,1-2,5,8-11,14,26H2/t20-,23-/m0/s1. The van der Waals surface area contributed by atoms with Crippen molar-refractivity contribution >= 4 is 34.7 Å². The fourth-order valence-electron chi connectivity index (χ4n) is 4.85. The zero-order chi connectivity index (χ0) is 19.7. The van der Waals surface area contributed by atoms with Gasteiger partial charge in [0.25, 0.3) is 0 Å². The number of anilines is 1. The Labute approximate surface area is 176 Å². The van der Waals surface area contributed by atoms with Gasteiger partial charge in [-0.15, -0.1) is 0 Å². The monoisotopic (exact) mass is 416 g/mol. The number of nitrogens with zero attached hydrogens (tertiary/aromatic N) is 1. The Bertz CT molecular complexity index is 877. The highest BCUT2D eigenvalue weighted by molar-refractivity contribution is 6.42. The van der Waals surface area contributed by atoms with E-state index in [1.54, 1.807) is 12.1 Å². The Morgan fingerprint density at radius 3 is 2.61 bits per heavy atom. The van der Waals surface area contributed by atoms with Crippen LogP contribution in [0.3, 0.4) is 0 Å². The molecule has 0 radical (unpaired) electrons. The van der Waals surface area contributed by atoms with E-state index in [-0.39, 0.29) is 11.7 Å². The lowest BCUT2D eigenvalue weighted by Crippen LogP contribution is -2.41. The Morgan fingerprint density at radius 1 is 1.07 bits per heavy atom. The van der Waals surface area contributed by atoms with Crippen LogP contribution in [0.15, 0.2) is 36.4 Å². The van der Waals surface area contributed by atoms with Gasteiger partial charge in [-0.05, 0) is 79.7 Å². The highest BCUT2D eigenvalue weighted by Crippen LogP contribution is 2.39. The molecule has 3 nitrogen and oxygen atoms in total. The molecule has 148 valence electrons. The average molecular weight is 417 g/mol. The zero-order valence-electron chi connectivity index (χ0n) is 16.0. The normalized spacial score (nSPS) is 22.2. The van der Waals surface area contributed by atoms with Gasteiger partial charge in [0.05, 0.1) is 10.0 Å². The van der Waals surface area contributed by atoms with Gasteiger partial charge in [-0.3, -0.25) is 9.69 Å². The molecule has 2 N–H and O–H groups in total. The molecule has 0 unspecified atom stereocenters. The maximum atomic E-state index is 13.0. The van der Waals surface area contributed by atoms with Crippen LogP contribution in [0.2, 0.25) is 10.0 Å². The van der Waals surface area contributed by atoms with Gasteiger partial charge in [0.15, 0.2) is 0 Å². The number of halogens is 2. The maximum Gasteiger partial charge on any atom is 0.137 e. The SMILES string of the molecule is Nc1ccc2c(c1)[C@H](CC(=O)Cc1ccc(Cl)c(Cl)c1)[C@@H](N1CCCC1)CC2. The molecule has 5 heteroatoms. The molecule has 0 spiro atoms. The number of rotatable bonds is 5. The largest absolute Gasteiger partial charge is 0.399 e. The van der Waals surface area contributed by atoms with Crippen molar-refractivity contribution in [1.82, 2.24) is 4.90 Å². The van der Waals surface area contributed by atoms with Crippen LogP contribution >= 0.6 is 23.2 Å². The van der Waals surface area contributed by atoms with E-state index in [1.807, 2.05) is 12.1 Å². The van der Waals surface area contributed by atoms with Crippen LogP contribution in [0.5, 0.6) is 0 Å². The van der Waals surface area contributed by atoms with E-state index in [0.29, 0.717) is 28.9 Å². The highest BCUT2D eigenvalue weighted by atomic mass is 35.5. The number of likely N-dealkylation sites (tertiary alicyclic amines) is 1. The van der Waals surface area contributed by atoms with E-state index in [2.05, 4.69) is 17.0 Å². The summed E-state index contributed by atoms with van der Waals surface area (Å²) in [6.07, 6.45) is 5.61. The summed E-state index contributed by atoms with van der Waals surface area (Å²) in [5, 5.41) is 1.02. The van der Waals surface area contributed by atoms with Gasteiger partial charge in [0.1, 0.15) is 5.78 Å². The molecule has 28 heavy (non-hydrogen) atoms. The van der Waals surface area contributed by atoms with Crippen molar-refractivity contribution in [1.29, 1.82) is 0 Å². The molecule has 0 amide bonds. The number of hydrogen-bond donors (Lipinski definition) is 1. The topological polar surface area (TPSA) is 46.3 Å². The first-order valence-electron chi connectivity index (χ1n) is 10.1. The second kappa shape index (κ2) is 8.44. The quantitative estimate of drug-likeness (QED) is 0.674. The fourth-order valence-corrected chi connectivity index (χ4v) is 5.17. The number of ketones is 1. The first-order valence-corrected chi connectivity index (χ1v) is 10.8. The zero-order valence-corrected chi connectivity index (χ0v) is 17.5. The van der Waals surface area contributed by atoms with Crippen LogP contribution in [0.4, 0.5) is 5.69 Å². The number of nitrogen functional groups attached to an aromatic ring is 1. The minimum absolute atomic E-state index is 0.209. The summed E-state index contributed by atoms with van der Waals surface area (Å²) in [5.41, 5.74) is 10.4. The van der Waals surface area contributed by atoms with Crippen molar-refractivity contribution in [3.05, 3.63) is 63.1 Å². The van der Waals surface area contributed by atoms with Crippen molar-refractivity contribution in [2.75, 3.05) is 18.8 Å². The van der Waals surface area contributed by atoms with E-state index >= 15 is 0 Å². The molecule has 4 rings (SSSR count). The summed E-state index contributed by atoms with van der Waals surface area (Å²) in [7, 11) is 0. The molecule has 0 saturated carbocycles. The Hall–Kier alpha value is -1.55. The number of Topliss-reactive ketones (excluding diaryl/α,β-unsaturated/α-hetero) is 1. The van der Waals surface area contributed by atoms with Gasteiger partial charge in [0, 0.05) is 30.5 Å². The summed E-state index contributed by atoms with van der Waals surface area (Å²) >= 11 is 12.1. The predicted molar refractivity (Wildman–Crippen MR) is 116 cm³/mol. The van der Waals surface area contributed by atoms with Gasteiger partial charge >= 0.3 is 0 Å². The Kier molecular flexibility index (Phi) is 5.96. The number of carbonyl (C=O) groups is 1. The van der Waals surface area contributed by atoms with E-state index in [9.17, 15) is 4.79 Å². The highest BCUT2D eigenvalue weighted by Gasteiger charge is 2.35. The molecular formula is C23H26Cl2N2O. The van der Waals surface area contributed by atoms with Crippen molar-refractivity contribution in [2.24, 2.45) is 0 Å². The van der Waals surface area contributed by atoms with Crippen LogP contribution in [-0.4, -0.2) is 29.8 Å². The van der Waals surface area contributed by atoms with Crippen LogP contribution < -0.4 is 5.73 Å². The minimum Gasteiger partial charge on any atom is -0.399 e. The maximum absolute atomic E-state index is 13.0. The lowest BCUT2D eigenvalue weighted by molar-refractivity contribution is -0.119. The number of carbonyl (C=O) groups excluding carboxylic acids is 1. The average Bonchev–Trinajstić information content (AvgIpc) is 3.19. The van der Waals surface area contributed by atoms with Gasteiger partial charge in [-0.25, -0.2) is 0 Å². The second-order valence-corrected chi connectivity index (χ2v) is 8.90. The minimum atomic E-state index is 0.209. The summed E-state index contributed by atoms with van der Waals surface area (Å²) in [4.78, 5) is 15.6. The van der Waals surface area contributed by atoms with E-state index in [0.717, 1.165) is 37.2 Å². The Balaban J connectivity index is 1.57. The first-order chi connectivity index (χ1) is 13.5. The van der Waals surface area contributed by atoms with Gasteiger partial charge < -0.3 is 5.73 Å². The molecule has 2 atom stereocenters. The molecule has 2 aromatic rings. The van der Waals surface area contributed by atoms with Crippen LogP contribution in [0.25, 0.3) is 0 Å². The summed E-state index contributed by atoms with van der Waals surface area (Å²) in [5.74, 6) is 0.448. The lowest BCUT2D eigenvalue weighted by Gasteiger charge is -2.39. The van der Waals surface area contributed by atoms with Crippen molar-refractivity contribution in [3.8, 4) is 0 Å². The van der Waals surface area contributed by atoms with Crippen LogP contribution in [-0.2, 0) is 17.6 Å².